The van der Waals surface area contributed by atoms with Gasteiger partial charge >= 0.3 is 0 Å². The highest BCUT2D eigenvalue weighted by Crippen LogP contribution is 2.37. The quantitative estimate of drug-likeness (QED) is 0.372. The molecule has 206 valence electrons. The number of carbonyl (C=O) groups is 2. The lowest BCUT2D eigenvalue weighted by Gasteiger charge is -2.32. The van der Waals surface area contributed by atoms with Crippen LogP contribution >= 0.6 is 0 Å². The summed E-state index contributed by atoms with van der Waals surface area (Å²) in [7, 11) is 3.89. The first-order chi connectivity index (χ1) is 19.9. The first-order valence-corrected chi connectivity index (χ1v) is 13.5. The molecule has 6 rings (SSSR count). The SMILES string of the molecule is CN1CCN(CC(=O)N(C)c2ccc(N=C(c3ccc4nccn4c3)C3C(=O)Nc4cc(C#N)ccc43)cc2)CC1. The molecule has 41 heavy (non-hydrogen) atoms. The number of imidazole rings is 1. The third-order valence-electron chi connectivity index (χ3n) is 7.79. The van der Waals surface area contributed by atoms with Crippen LogP contribution in [-0.2, 0) is 9.59 Å². The van der Waals surface area contributed by atoms with Crippen LogP contribution in [0.15, 0.2) is 78.2 Å². The van der Waals surface area contributed by atoms with Gasteiger partial charge in [-0.25, -0.2) is 4.98 Å². The molecule has 1 unspecified atom stereocenters. The van der Waals surface area contributed by atoms with Gasteiger partial charge in [-0.3, -0.25) is 19.5 Å². The summed E-state index contributed by atoms with van der Waals surface area (Å²) in [5, 5.41) is 12.2. The van der Waals surface area contributed by atoms with E-state index in [2.05, 4.69) is 33.2 Å². The van der Waals surface area contributed by atoms with Gasteiger partial charge < -0.3 is 19.5 Å². The number of hydrogen-bond donors (Lipinski definition) is 1. The van der Waals surface area contributed by atoms with Gasteiger partial charge in [-0.15, -0.1) is 0 Å². The Kier molecular flexibility index (Phi) is 7.05. The number of benzene rings is 2. The summed E-state index contributed by atoms with van der Waals surface area (Å²) < 4.78 is 1.89. The lowest BCUT2D eigenvalue weighted by atomic mass is 9.91. The molecule has 2 amide bonds. The lowest BCUT2D eigenvalue weighted by molar-refractivity contribution is -0.120. The van der Waals surface area contributed by atoms with E-state index in [1.165, 1.54) is 0 Å². The summed E-state index contributed by atoms with van der Waals surface area (Å²) in [4.78, 5) is 41.7. The van der Waals surface area contributed by atoms with Crippen LogP contribution in [0.4, 0.5) is 17.1 Å². The standard InChI is InChI=1S/C31H30N8O2/c1-36-13-15-38(16-14-36)20-28(40)37(2)24-7-5-23(6-8-24)34-30(22-4-10-27-33-11-12-39(27)19-22)29-25-9-3-21(18-32)17-26(25)35-31(29)41/h3-12,17,19,29H,13-16,20H2,1-2H3,(H,35,41). The highest BCUT2D eigenvalue weighted by atomic mass is 16.2. The fraction of sp³-hybridized carbons (Fsp3) is 0.258. The van der Waals surface area contributed by atoms with Crippen LogP contribution in [0.2, 0.25) is 0 Å². The predicted octanol–water partition coefficient (Wildman–Crippen LogP) is 3.27. The number of fused-ring (bicyclic) bond motifs is 2. The van der Waals surface area contributed by atoms with Gasteiger partial charge in [0.05, 0.1) is 29.6 Å². The molecule has 1 saturated heterocycles. The number of nitriles is 1. The van der Waals surface area contributed by atoms with Gasteiger partial charge in [0.25, 0.3) is 0 Å². The number of aromatic nitrogens is 2. The van der Waals surface area contributed by atoms with Gasteiger partial charge in [-0.05, 0) is 61.1 Å². The van der Waals surface area contributed by atoms with E-state index in [1.54, 1.807) is 30.3 Å². The number of rotatable bonds is 6. The van der Waals surface area contributed by atoms with Crippen molar-refractivity contribution in [2.75, 3.05) is 57.0 Å². The molecule has 0 bridgehead atoms. The highest BCUT2D eigenvalue weighted by Gasteiger charge is 2.36. The molecular formula is C31H30N8O2. The van der Waals surface area contributed by atoms with Crippen LogP contribution in [0.3, 0.4) is 0 Å². The molecule has 10 nitrogen and oxygen atoms in total. The Hall–Kier alpha value is -4.85. The van der Waals surface area contributed by atoms with Gasteiger partial charge in [0.1, 0.15) is 11.6 Å². The second-order valence-electron chi connectivity index (χ2n) is 10.5. The number of hydrogen-bond acceptors (Lipinski definition) is 7. The van der Waals surface area contributed by atoms with Crippen molar-refractivity contribution >= 4 is 40.2 Å². The number of pyridine rings is 1. The Labute approximate surface area is 238 Å². The van der Waals surface area contributed by atoms with Crippen molar-refractivity contribution in [2.24, 2.45) is 4.99 Å². The highest BCUT2D eigenvalue weighted by molar-refractivity contribution is 6.24. The smallest absolute Gasteiger partial charge is 0.240 e. The topological polar surface area (TPSA) is 109 Å². The van der Waals surface area contributed by atoms with Crippen LogP contribution < -0.4 is 10.2 Å². The summed E-state index contributed by atoms with van der Waals surface area (Å²) in [6.45, 7) is 4.07. The molecule has 1 atom stereocenters. The third-order valence-corrected chi connectivity index (χ3v) is 7.79. The van der Waals surface area contributed by atoms with Crippen molar-refractivity contribution in [3.05, 3.63) is 89.9 Å². The minimum Gasteiger partial charge on any atom is -0.325 e. The van der Waals surface area contributed by atoms with Gasteiger partial charge in [0.2, 0.25) is 11.8 Å². The second kappa shape index (κ2) is 11.0. The number of anilines is 2. The van der Waals surface area contributed by atoms with E-state index < -0.39 is 5.92 Å². The molecule has 2 aromatic heterocycles. The number of aliphatic imine (C=N–C) groups is 1. The molecule has 1 N–H and O–H groups in total. The van der Waals surface area contributed by atoms with Crippen LogP contribution in [0.25, 0.3) is 5.65 Å². The van der Waals surface area contributed by atoms with E-state index in [1.807, 2.05) is 59.3 Å². The summed E-state index contributed by atoms with van der Waals surface area (Å²) in [5.74, 6) is -0.826. The molecule has 0 spiro atoms. The first kappa shape index (κ1) is 26.4. The van der Waals surface area contributed by atoms with E-state index in [-0.39, 0.29) is 11.8 Å². The number of nitrogens with one attached hydrogen (secondary N) is 1. The Balaban J connectivity index is 1.31. The van der Waals surface area contributed by atoms with E-state index in [9.17, 15) is 14.9 Å². The van der Waals surface area contributed by atoms with Gasteiger partial charge in [-0.2, -0.15) is 5.26 Å². The van der Waals surface area contributed by atoms with Crippen LogP contribution in [0.1, 0.15) is 22.6 Å². The predicted molar refractivity (Wildman–Crippen MR) is 158 cm³/mol. The number of amides is 2. The molecule has 10 heteroatoms. The summed E-state index contributed by atoms with van der Waals surface area (Å²) in [6, 6.07) is 18.6. The van der Waals surface area contributed by atoms with Crippen molar-refractivity contribution in [1.29, 1.82) is 5.26 Å². The molecule has 1 fully saturated rings. The van der Waals surface area contributed by atoms with Gasteiger partial charge in [0.15, 0.2) is 0 Å². The number of likely N-dealkylation sites (N-methyl/N-ethyl adjacent to an activating group) is 2. The Bertz CT molecular complexity index is 1690. The fourth-order valence-electron chi connectivity index (χ4n) is 5.31. The molecule has 4 heterocycles. The van der Waals surface area contributed by atoms with Crippen LogP contribution in [-0.4, -0.2) is 83.5 Å². The lowest BCUT2D eigenvalue weighted by Crippen LogP contribution is -2.48. The summed E-state index contributed by atoms with van der Waals surface area (Å²) in [5.41, 5.74) is 5.43. The maximum Gasteiger partial charge on any atom is 0.240 e. The zero-order valence-electron chi connectivity index (χ0n) is 23.0. The Morgan fingerprint density at radius 1 is 1.12 bits per heavy atom. The molecule has 2 aromatic carbocycles. The third kappa shape index (κ3) is 5.33. The first-order valence-electron chi connectivity index (χ1n) is 13.5. The molecule has 0 aliphatic carbocycles. The molecule has 0 saturated carbocycles. The maximum atomic E-state index is 13.3. The van der Waals surface area contributed by atoms with E-state index >= 15 is 0 Å². The molecule has 2 aliphatic heterocycles. The normalized spacial score (nSPS) is 17.7. The Morgan fingerprint density at radius 2 is 1.90 bits per heavy atom. The Morgan fingerprint density at radius 3 is 2.66 bits per heavy atom. The van der Waals surface area contributed by atoms with Crippen LogP contribution in [0, 0.1) is 11.3 Å². The summed E-state index contributed by atoms with van der Waals surface area (Å²) >= 11 is 0. The van der Waals surface area contributed by atoms with Crippen LogP contribution in [0.5, 0.6) is 0 Å². The second-order valence-corrected chi connectivity index (χ2v) is 10.5. The average Bonchev–Trinajstić information content (AvgIpc) is 3.59. The van der Waals surface area contributed by atoms with E-state index in [4.69, 9.17) is 4.99 Å². The number of nitrogens with zero attached hydrogens (tertiary/aromatic N) is 7. The molecule has 4 aromatic rings. The van der Waals surface area contributed by atoms with Crippen molar-refractivity contribution in [1.82, 2.24) is 19.2 Å². The minimum absolute atomic E-state index is 0.0381. The monoisotopic (exact) mass is 546 g/mol. The molecule has 2 aliphatic rings. The minimum atomic E-state index is -0.661. The number of piperazine rings is 1. The molecule has 0 radical (unpaired) electrons. The molecular weight excluding hydrogens is 516 g/mol. The fourth-order valence-corrected chi connectivity index (χ4v) is 5.31. The van der Waals surface area contributed by atoms with Crippen molar-refractivity contribution in [2.45, 2.75) is 5.92 Å². The van der Waals surface area contributed by atoms with E-state index in [0.717, 1.165) is 48.6 Å². The zero-order valence-corrected chi connectivity index (χ0v) is 23.0. The van der Waals surface area contributed by atoms with Crippen molar-refractivity contribution in [3.63, 3.8) is 0 Å². The summed E-state index contributed by atoms with van der Waals surface area (Å²) in [6.07, 6.45) is 5.48. The number of carbonyl (C=O) groups excluding carboxylic acids is 2. The van der Waals surface area contributed by atoms with Gasteiger partial charge in [-0.1, -0.05) is 6.07 Å². The maximum absolute atomic E-state index is 13.3. The largest absolute Gasteiger partial charge is 0.325 e. The van der Waals surface area contributed by atoms with Gasteiger partial charge in [0, 0.05) is 68.8 Å². The van der Waals surface area contributed by atoms with Crippen molar-refractivity contribution in [3.8, 4) is 6.07 Å². The zero-order chi connectivity index (χ0) is 28.5. The van der Waals surface area contributed by atoms with E-state index in [0.29, 0.717) is 29.2 Å². The van der Waals surface area contributed by atoms with Crippen molar-refractivity contribution < 1.29 is 9.59 Å². The average molecular weight is 547 g/mol.